The third kappa shape index (κ3) is 3.74. The van der Waals surface area contributed by atoms with Gasteiger partial charge in [-0.2, -0.15) is 0 Å². The lowest BCUT2D eigenvalue weighted by Crippen LogP contribution is -2.54. The third-order valence-electron chi connectivity index (χ3n) is 3.84. The summed E-state index contributed by atoms with van der Waals surface area (Å²) in [5.74, 6) is -2.64. The van der Waals surface area contributed by atoms with Gasteiger partial charge in [0.2, 0.25) is 0 Å². The monoisotopic (exact) mass is 448 g/mol. The fraction of sp³-hybridized carbons (Fsp3) is 0.105. The number of phenols is 1. The number of hydrogen-bond acceptors (Lipinski definition) is 5. The highest BCUT2D eigenvalue weighted by Gasteiger charge is 2.37. The molecule has 9 heteroatoms. The summed E-state index contributed by atoms with van der Waals surface area (Å²) in [6, 6.07) is 6.87. The van der Waals surface area contributed by atoms with Crippen LogP contribution in [-0.2, 0) is 9.59 Å². The van der Waals surface area contributed by atoms with Gasteiger partial charge in [0.25, 0.3) is 11.8 Å². The summed E-state index contributed by atoms with van der Waals surface area (Å²) in [5, 5.41) is 12.4. The molecule has 1 aliphatic heterocycles. The second kappa shape index (κ2) is 7.81. The minimum absolute atomic E-state index is 0.0330. The number of nitrogens with zero attached hydrogens (tertiary/aromatic N) is 1. The van der Waals surface area contributed by atoms with Crippen molar-refractivity contribution in [3.05, 3.63) is 57.8 Å². The van der Waals surface area contributed by atoms with Gasteiger partial charge in [-0.15, -0.1) is 0 Å². The zero-order chi connectivity index (χ0) is 20.4. The number of rotatable bonds is 4. The van der Waals surface area contributed by atoms with E-state index < -0.39 is 29.2 Å². The number of carbonyl (C=O) groups is 3. The summed E-state index contributed by atoms with van der Waals surface area (Å²) in [5.41, 5.74) is -0.307. The van der Waals surface area contributed by atoms with Gasteiger partial charge in [-0.05, 0) is 43.3 Å². The fourth-order valence-electron chi connectivity index (χ4n) is 2.63. The quantitative estimate of drug-likeness (QED) is 0.552. The number of benzene rings is 2. The Hall–Kier alpha value is -3.20. The van der Waals surface area contributed by atoms with Crippen molar-refractivity contribution >= 4 is 45.5 Å². The van der Waals surface area contributed by atoms with Crippen LogP contribution in [0.1, 0.15) is 12.5 Å². The highest BCUT2D eigenvalue weighted by Crippen LogP contribution is 2.35. The maximum absolute atomic E-state index is 13.5. The van der Waals surface area contributed by atoms with Crippen molar-refractivity contribution in [2.75, 3.05) is 11.5 Å². The number of hydrogen-bond donors (Lipinski definition) is 2. The van der Waals surface area contributed by atoms with Gasteiger partial charge in [0.05, 0.1) is 12.3 Å². The smallest absolute Gasteiger partial charge is 0.335 e. The molecule has 0 bridgehead atoms. The van der Waals surface area contributed by atoms with Crippen molar-refractivity contribution < 1.29 is 28.6 Å². The number of urea groups is 1. The van der Waals surface area contributed by atoms with Crippen molar-refractivity contribution in [2.24, 2.45) is 0 Å². The molecule has 1 heterocycles. The Kier molecular flexibility index (Phi) is 5.46. The van der Waals surface area contributed by atoms with E-state index in [1.165, 1.54) is 24.3 Å². The van der Waals surface area contributed by atoms with E-state index in [9.17, 15) is 23.9 Å². The molecule has 0 unspecified atom stereocenters. The van der Waals surface area contributed by atoms with E-state index in [0.29, 0.717) is 16.0 Å². The first-order valence-corrected chi connectivity index (χ1v) is 8.93. The maximum atomic E-state index is 13.5. The Bertz CT molecular complexity index is 1020. The van der Waals surface area contributed by atoms with E-state index in [1.807, 2.05) is 5.32 Å². The van der Waals surface area contributed by atoms with Gasteiger partial charge in [-0.25, -0.2) is 14.1 Å². The lowest BCUT2D eigenvalue weighted by atomic mass is 10.1. The molecule has 0 aliphatic carbocycles. The summed E-state index contributed by atoms with van der Waals surface area (Å²) in [7, 11) is 0. The minimum Gasteiger partial charge on any atom is -0.504 e. The van der Waals surface area contributed by atoms with Crippen molar-refractivity contribution in [2.45, 2.75) is 6.92 Å². The Morgan fingerprint density at radius 1 is 1.25 bits per heavy atom. The van der Waals surface area contributed by atoms with Crippen LogP contribution in [0, 0.1) is 5.82 Å². The van der Waals surface area contributed by atoms with Gasteiger partial charge in [0.15, 0.2) is 11.5 Å². The lowest BCUT2D eigenvalue weighted by molar-refractivity contribution is -0.122. The highest BCUT2D eigenvalue weighted by atomic mass is 79.9. The first-order chi connectivity index (χ1) is 13.3. The largest absolute Gasteiger partial charge is 0.504 e. The van der Waals surface area contributed by atoms with E-state index in [4.69, 9.17) is 4.74 Å². The molecule has 0 saturated carbocycles. The number of ether oxygens (including phenoxy) is 1. The molecule has 2 aromatic carbocycles. The van der Waals surface area contributed by atoms with Crippen molar-refractivity contribution in [3.8, 4) is 11.5 Å². The number of nitrogens with one attached hydrogen (secondary N) is 1. The number of amides is 4. The molecule has 7 nitrogen and oxygen atoms in total. The number of phenolic OH excluding ortho intramolecular Hbond substituents is 1. The summed E-state index contributed by atoms with van der Waals surface area (Å²) in [4.78, 5) is 37.8. The molecule has 0 spiro atoms. The Morgan fingerprint density at radius 2 is 2.00 bits per heavy atom. The molecule has 0 radical (unpaired) electrons. The van der Waals surface area contributed by atoms with Crippen LogP contribution in [0.4, 0.5) is 14.9 Å². The van der Waals surface area contributed by atoms with E-state index in [0.717, 1.165) is 18.2 Å². The second-order valence-corrected chi connectivity index (χ2v) is 6.63. The van der Waals surface area contributed by atoms with Gasteiger partial charge in [0.1, 0.15) is 11.4 Å². The van der Waals surface area contributed by atoms with Crippen LogP contribution in [0.25, 0.3) is 6.08 Å². The lowest BCUT2D eigenvalue weighted by Gasteiger charge is -2.26. The topological polar surface area (TPSA) is 95.9 Å². The number of aromatic hydroxyl groups is 1. The molecule has 1 fully saturated rings. The first kappa shape index (κ1) is 19.6. The Morgan fingerprint density at radius 3 is 2.68 bits per heavy atom. The zero-order valence-electron chi connectivity index (χ0n) is 14.5. The van der Waals surface area contributed by atoms with Crippen molar-refractivity contribution in [1.82, 2.24) is 5.32 Å². The summed E-state index contributed by atoms with van der Waals surface area (Å²) in [6.07, 6.45) is 1.14. The van der Waals surface area contributed by atoms with Crippen molar-refractivity contribution in [3.63, 3.8) is 0 Å². The van der Waals surface area contributed by atoms with Crippen LogP contribution in [0.3, 0.4) is 0 Å². The summed E-state index contributed by atoms with van der Waals surface area (Å²) in [6.45, 7) is 2.03. The Labute approximate surface area is 167 Å². The fourth-order valence-corrected chi connectivity index (χ4v) is 3.09. The first-order valence-electron chi connectivity index (χ1n) is 8.14. The van der Waals surface area contributed by atoms with Crippen LogP contribution in [0.5, 0.6) is 11.5 Å². The molecule has 0 atom stereocenters. The van der Waals surface area contributed by atoms with E-state index >= 15 is 0 Å². The van der Waals surface area contributed by atoms with Crippen LogP contribution >= 0.6 is 15.9 Å². The number of halogens is 2. The molecular weight excluding hydrogens is 435 g/mol. The van der Waals surface area contributed by atoms with Crippen LogP contribution in [0.2, 0.25) is 0 Å². The average Bonchev–Trinajstić information content (AvgIpc) is 2.62. The highest BCUT2D eigenvalue weighted by molar-refractivity contribution is 9.10. The molecule has 3 rings (SSSR count). The van der Waals surface area contributed by atoms with Crippen LogP contribution < -0.4 is 15.0 Å². The predicted octanol–water partition coefficient (Wildman–Crippen LogP) is 3.36. The number of anilines is 1. The summed E-state index contributed by atoms with van der Waals surface area (Å²) < 4.78 is 19.4. The molecule has 2 aromatic rings. The standard InChI is InChI=1S/C19H14BrFN2O5/c1-2-28-15-8-11(20)6-10(16(15)24)7-14-17(25)22-19(27)23(18(14)26)13-5-3-4-12(21)9-13/h3-9,24H,2H2,1H3,(H,22,25,27)/b14-7+. The van der Waals surface area contributed by atoms with Gasteiger partial charge in [-0.1, -0.05) is 22.0 Å². The molecule has 1 aliphatic rings. The maximum Gasteiger partial charge on any atom is 0.335 e. The molecule has 1 saturated heterocycles. The average molecular weight is 449 g/mol. The van der Waals surface area contributed by atoms with Gasteiger partial charge in [0, 0.05) is 10.0 Å². The van der Waals surface area contributed by atoms with Gasteiger partial charge >= 0.3 is 6.03 Å². The van der Waals surface area contributed by atoms with E-state index in [1.54, 1.807) is 6.92 Å². The van der Waals surface area contributed by atoms with Crippen LogP contribution in [0.15, 0.2) is 46.4 Å². The van der Waals surface area contributed by atoms with Gasteiger partial charge < -0.3 is 9.84 Å². The van der Waals surface area contributed by atoms with Gasteiger partial charge in [-0.3, -0.25) is 14.9 Å². The normalized spacial score (nSPS) is 15.8. The molecule has 28 heavy (non-hydrogen) atoms. The number of barbiturate groups is 1. The molecular formula is C19H14BrFN2O5. The minimum atomic E-state index is -0.994. The molecule has 4 amide bonds. The van der Waals surface area contributed by atoms with E-state index in [-0.39, 0.29) is 22.7 Å². The van der Waals surface area contributed by atoms with Crippen LogP contribution in [-0.4, -0.2) is 29.6 Å². The third-order valence-corrected chi connectivity index (χ3v) is 4.29. The second-order valence-electron chi connectivity index (χ2n) is 5.71. The molecule has 2 N–H and O–H groups in total. The zero-order valence-corrected chi connectivity index (χ0v) is 16.1. The predicted molar refractivity (Wildman–Crippen MR) is 102 cm³/mol. The molecule has 0 aromatic heterocycles. The van der Waals surface area contributed by atoms with Crippen molar-refractivity contribution in [1.29, 1.82) is 0 Å². The molecule has 144 valence electrons. The number of imide groups is 2. The SMILES string of the molecule is CCOc1cc(Br)cc(/C=C2\C(=O)NC(=O)N(c3cccc(F)c3)C2=O)c1O. The summed E-state index contributed by atoms with van der Waals surface area (Å²) >= 11 is 3.27. The Balaban J connectivity index is 2.07. The van der Waals surface area contributed by atoms with E-state index in [2.05, 4.69) is 15.9 Å². The number of carbonyl (C=O) groups excluding carboxylic acids is 3.